The van der Waals surface area contributed by atoms with Gasteiger partial charge in [0.05, 0.1) is 5.56 Å². The summed E-state index contributed by atoms with van der Waals surface area (Å²) in [6.45, 7) is 4.20. The summed E-state index contributed by atoms with van der Waals surface area (Å²) >= 11 is 1.66. The summed E-state index contributed by atoms with van der Waals surface area (Å²) in [5, 5.41) is 4.74. The molecular weight excluding hydrogens is 298 g/mol. The monoisotopic (exact) mass is 317 g/mol. The predicted octanol–water partition coefficient (Wildman–Crippen LogP) is 2.88. The van der Waals surface area contributed by atoms with Crippen LogP contribution in [0.1, 0.15) is 26.4 Å². The SMILES string of the molecule is Cc1ccc(C(=O)OCC(=O)NCCc2cccs2)cc1C. The van der Waals surface area contributed by atoms with E-state index in [2.05, 4.69) is 5.32 Å². The Bertz CT molecular complexity index is 650. The zero-order valence-corrected chi connectivity index (χ0v) is 13.5. The molecule has 1 aromatic carbocycles. The minimum absolute atomic E-state index is 0.254. The van der Waals surface area contributed by atoms with Gasteiger partial charge in [-0.1, -0.05) is 12.1 Å². The van der Waals surface area contributed by atoms with Crippen molar-refractivity contribution in [1.82, 2.24) is 5.32 Å². The van der Waals surface area contributed by atoms with E-state index in [-0.39, 0.29) is 12.5 Å². The van der Waals surface area contributed by atoms with Crippen molar-refractivity contribution in [3.63, 3.8) is 0 Å². The Morgan fingerprint density at radius 1 is 1.18 bits per heavy atom. The van der Waals surface area contributed by atoms with Gasteiger partial charge in [-0.2, -0.15) is 0 Å². The number of esters is 1. The van der Waals surface area contributed by atoms with Crippen LogP contribution in [0.2, 0.25) is 0 Å². The van der Waals surface area contributed by atoms with Gasteiger partial charge in [0.2, 0.25) is 0 Å². The zero-order valence-electron chi connectivity index (χ0n) is 12.7. The smallest absolute Gasteiger partial charge is 0.338 e. The maximum atomic E-state index is 11.9. The van der Waals surface area contributed by atoms with Crippen LogP contribution in [-0.4, -0.2) is 25.0 Å². The Labute approximate surface area is 134 Å². The van der Waals surface area contributed by atoms with E-state index in [9.17, 15) is 9.59 Å². The molecule has 0 fully saturated rings. The number of amides is 1. The number of aryl methyl sites for hydroxylation is 2. The Morgan fingerprint density at radius 3 is 2.68 bits per heavy atom. The number of ether oxygens (including phenoxy) is 1. The third-order valence-electron chi connectivity index (χ3n) is 3.35. The first kappa shape index (κ1) is 16.2. The average molecular weight is 317 g/mol. The van der Waals surface area contributed by atoms with E-state index in [1.807, 2.05) is 37.4 Å². The Kier molecular flexibility index (Phi) is 5.72. The van der Waals surface area contributed by atoms with Gasteiger partial charge in [-0.05, 0) is 55.0 Å². The molecule has 0 aliphatic carbocycles. The minimum atomic E-state index is -0.475. The molecule has 0 atom stereocenters. The summed E-state index contributed by atoms with van der Waals surface area (Å²) < 4.78 is 5.02. The van der Waals surface area contributed by atoms with Crippen LogP contribution in [0, 0.1) is 13.8 Å². The third kappa shape index (κ3) is 4.70. The molecule has 116 valence electrons. The molecule has 2 rings (SSSR count). The largest absolute Gasteiger partial charge is 0.452 e. The van der Waals surface area contributed by atoms with Gasteiger partial charge in [-0.15, -0.1) is 11.3 Å². The van der Waals surface area contributed by atoms with Crippen molar-refractivity contribution in [3.05, 3.63) is 57.3 Å². The van der Waals surface area contributed by atoms with Crippen LogP contribution in [0.15, 0.2) is 35.7 Å². The molecule has 1 N–H and O–H groups in total. The van der Waals surface area contributed by atoms with Gasteiger partial charge in [0.25, 0.3) is 5.91 Å². The van der Waals surface area contributed by atoms with Crippen molar-refractivity contribution < 1.29 is 14.3 Å². The molecule has 5 heteroatoms. The summed E-state index contributed by atoms with van der Waals surface area (Å²) in [5.41, 5.74) is 2.60. The van der Waals surface area contributed by atoms with Crippen LogP contribution in [0.3, 0.4) is 0 Å². The first-order valence-corrected chi connectivity index (χ1v) is 7.97. The number of nitrogens with one attached hydrogen (secondary N) is 1. The second-order valence-electron chi connectivity index (χ2n) is 5.05. The molecule has 1 aromatic heterocycles. The van der Waals surface area contributed by atoms with Crippen molar-refractivity contribution in [3.8, 4) is 0 Å². The predicted molar refractivity (Wildman–Crippen MR) is 87.2 cm³/mol. The lowest BCUT2D eigenvalue weighted by Crippen LogP contribution is -2.30. The van der Waals surface area contributed by atoms with Gasteiger partial charge in [-0.25, -0.2) is 4.79 Å². The average Bonchev–Trinajstić information content (AvgIpc) is 3.01. The first-order valence-electron chi connectivity index (χ1n) is 7.09. The number of carbonyl (C=O) groups is 2. The van der Waals surface area contributed by atoms with Crippen LogP contribution in [0.4, 0.5) is 0 Å². The first-order chi connectivity index (χ1) is 10.6. The van der Waals surface area contributed by atoms with Crippen molar-refractivity contribution in [2.24, 2.45) is 0 Å². The number of hydrogen-bond acceptors (Lipinski definition) is 4. The molecule has 0 saturated carbocycles. The number of rotatable bonds is 6. The fourth-order valence-corrected chi connectivity index (χ4v) is 2.62. The van der Waals surface area contributed by atoms with Crippen LogP contribution in [0.5, 0.6) is 0 Å². The van der Waals surface area contributed by atoms with Crippen LogP contribution in [0.25, 0.3) is 0 Å². The second-order valence-corrected chi connectivity index (χ2v) is 6.09. The maximum Gasteiger partial charge on any atom is 0.338 e. The molecule has 2 aromatic rings. The van der Waals surface area contributed by atoms with Gasteiger partial charge >= 0.3 is 5.97 Å². The summed E-state index contributed by atoms with van der Waals surface area (Å²) in [5.74, 6) is -0.759. The Balaban J connectivity index is 1.73. The highest BCUT2D eigenvalue weighted by atomic mass is 32.1. The lowest BCUT2D eigenvalue weighted by Gasteiger charge is -2.07. The van der Waals surface area contributed by atoms with Crippen molar-refractivity contribution in [2.45, 2.75) is 20.3 Å². The molecule has 0 spiro atoms. The molecule has 0 saturated heterocycles. The minimum Gasteiger partial charge on any atom is -0.452 e. The number of carbonyl (C=O) groups excluding carboxylic acids is 2. The van der Waals surface area contributed by atoms with E-state index in [1.54, 1.807) is 23.5 Å². The lowest BCUT2D eigenvalue weighted by molar-refractivity contribution is -0.124. The highest BCUT2D eigenvalue weighted by molar-refractivity contribution is 7.09. The van der Waals surface area contributed by atoms with E-state index in [0.717, 1.165) is 17.5 Å². The summed E-state index contributed by atoms with van der Waals surface area (Å²) in [4.78, 5) is 24.7. The maximum absolute atomic E-state index is 11.9. The molecule has 1 heterocycles. The van der Waals surface area contributed by atoms with E-state index in [4.69, 9.17) is 4.74 Å². The standard InChI is InChI=1S/C17H19NO3S/c1-12-5-6-14(10-13(12)2)17(20)21-11-16(19)18-8-7-15-4-3-9-22-15/h3-6,9-10H,7-8,11H2,1-2H3,(H,18,19). The van der Waals surface area contributed by atoms with Crippen molar-refractivity contribution >= 4 is 23.2 Å². The van der Waals surface area contributed by atoms with Crippen LogP contribution in [-0.2, 0) is 16.0 Å². The zero-order chi connectivity index (χ0) is 15.9. The topological polar surface area (TPSA) is 55.4 Å². The number of hydrogen-bond donors (Lipinski definition) is 1. The lowest BCUT2D eigenvalue weighted by atomic mass is 10.1. The second kappa shape index (κ2) is 7.75. The number of thiophene rings is 1. The van der Waals surface area contributed by atoms with E-state index in [1.165, 1.54) is 4.88 Å². The van der Waals surface area contributed by atoms with Crippen molar-refractivity contribution in [2.75, 3.05) is 13.2 Å². The quantitative estimate of drug-likeness (QED) is 0.834. The normalized spacial score (nSPS) is 10.3. The molecule has 22 heavy (non-hydrogen) atoms. The summed E-state index contributed by atoms with van der Waals surface area (Å²) in [6, 6.07) is 9.35. The summed E-state index contributed by atoms with van der Waals surface area (Å²) in [6.07, 6.45) is 0.786. The van der Waals surface area contributed by atoms with Gasteiger partial charge in [0, 0.05) is 11.4 Å². The van der Waals surface area contributed by atoms with E-state index >= 15 is 0 Å². The Morgan fingerprint density at radius 2 is 2.00 bits per heavy atom. The van der Waals surface area contributed by atoms with Gasteiger partial charge in [0.15, 0.2) is 6.61 Å². The molecule has 0 aliphatic rings. The fourth-order valence-electron chi connectivity index (χ4n) is 1.91. The van der Waals surface area contributed by atoms with E-state index in [0.29, 0.717) is 12.1 Å². The molecule has 1 amide bonds. The molecule has 0 radical (unpaired) electrons. The van der Waals surface area contributed by atoms with Crippen LogP contribution >= 0.6 is 11.3 Å². The van der Waals surface area contributed by atoms with Gasteiger partial charge in [0.1, 0.15) is 0 Å². The fraction of sp³-hybridized carbons (Fsp3) is 0.294. The number of benzene rings is 1. The highest BCUT2D eigenvalue weighted by Crippen LogP contribution is 2.11. The molecule has 0 bridgehead atoms. The molecule has 0 aliphatic heterocycles. The molecule has 0 unspecified atom stereocenters. The molecule has 4 nitrogen and oxygen atoms in total. The van der Waals surface area contributed by atoms with Crippen LogP contribution < -0.4 is 5.32 Å². The third-order valence-corrected chi connectivity index (χ3v) is 4.29. The van der Waals surface area contributed by atoms with E-state index < -0.39 is 5.97 Å². The van der Waals surface area contributed by atoms with Gasteiger partial charge < -0.3 is 10.1 Å². The van der Waals surface area contributed by atoms with Crippen molar-refractivity contribution in [1.29, 1.82) is 0 Å². The Hall–Kier alpha value is -2.14. The highest BCUT2D eigenvalue weighted by Gasteiger charge is 2.10. The van der Waals surface area contributed by atoms with Gasteiger partial charge in [-0.3, -0.25) is 4.79 Å². The molecular formula is C17H19NO3S. The summed E-state index contributed by atoms with van der Waals surface area (Å²) in [7, 11) is 0.